The molecule has 0 fully saturated rings. The SMILES string of the molecule is COC(=O)c1ncn2c1C(=O)N(CCc1ccc(OC)c(OC)c1)C(C)(C(=O)NCc1ccccc1OC)C2. The summed E-state index contributed by atoms with van der Waals surface area (Å²) in [6.07, 6.45) is 1.81. The van der Waals surface area contributed by atoms with Crippen LogP contribution in [-0.4, -0.2) is 72.8 Å². The van der Waals surface area contributed by atoms with Gasteiger partial charge < -0.3 is 33.7 Å². The first kappa shape index (κ1) is 27.5. The van der Waals surface area contributed by atoms with Crippen molar-refractivity contribution in [3.63, 3.8) is 0 Å². The number of methoxy groups -OCH3 is 4. The number of ether oxygens (including phenoxy) is 4. The van der Waals surface area contributed by atoms with E-state index in [1.54, 1.807) is 34.3 Å². The summed E-state index contributed by atoms with van der Waals surface area (Å²) in [7, 11) is 5.90. The second-order valence-electron chi connectivity index (χ2n) is 9.23. The molecule has 1 atom stereocenters. The molecular weight excluding hydrogens is 504 g/mol. The van der Waals surface area contributed by atoms with Gasteiger partial charge in [-0.15, -0.1) is 0 Å². The van der Waals surface area contributed by atoms with Gasteiger partial charge in [0.05, 0.1) is 41.3 Å². The maximum absolute atomic E-state index is 13.9. The number of carbonyl (C=O) groups excluding carboxylic acids is 3. The smallest absolute Gasteiger partial charge is 0.359 e. The van der Waals surface area contributed by atoms with Crippen LogP contribution in [-0.2, 0) is 29.0 Å². The molecular formula is C28H32N4O7. The molecule has 0 radical (unpaired) electrons. The van der Waals surface area contributed by atoms with Gasteiger partial charge in [0.25, 0.3) is 5.91 Å². The van der Waals surface area contributed by atoms with Crippen LogP contribution >= 0.6 is 0 Å². The summed E-state index contributed by atoms with van der Waals surface area (Å²) < 4.78 is 22.5. The number of aromatic nitrogens is 2. The number of para-hydroxylation sites is 1. The Morgan fingerprint density at radius 2 is 1.72 bits per heavy atom. The molecule has 11 heteroatoms. The highest BCUT2D eigenvalue weighted by Gasteiger charge is 2.48. The van der Waals surface area contributed by atoms with Crippen LogP contribution in [0.1, 0.15) is 39.0 Å². The van der Waals surface area contributed by atoms with Crippen molar-refractivity contribution < 1.29 is 33.3 Å². The van der Waals surface area contributed by atoms with Crippen LogP contribution in [0.25, 0.3) is 0 Å². The minimum Gasteiger partial charge on any atom is -0.496 e. The zero-order chi connectivity index (χ0) is 28.2. The Morgan fingerprint density at radius 3 is 2.41 bits per heavy atom. The Hall–Kier alpha value is -4.54. The molecule has 1 aromatic heterocycles. The van der Waals surface area contributed by atoms with E-state index in [0.29, 0.717) is 23.7 Å². The van der Waals surface area contributed by atoms with Crippen LogP contribution in [0.5, 0.6) is 17.2 Å². The van der Waals surface area contributed by atoms with E-state index in [1.165, 1.54) is 22.9 Å². The zero-order valence-electron chi connectivity index (χ0n) is 22.6. The Kier molecular flexibility index (Phi) is 8.08. The van der Waals surface area contributed by atoms with E-state index >= 15 is 0 Å². The first-order chi connectivity index (χ1) is 18.8. The first-order valence-corrected chi connectivity index (χ1v) is 12.3. The molecule has 3 aromatic rings. The lowest BCUT2D eigenvalue weighted by Gasteiger charge is -2.43. The van der Waals surface area contributed by atoms with E-state index in [4.69, 9.17) is 18.9 Å². The van der Waals surface area contributed by atoms with Crippen molar-refractivity contribution in [1.82, 2.24) is 19.8 Å². The van der Waals surface area contributed by atoms with Crippen LogP contribution in [0.3, 0.4) is 0 Å². The lowest BCUT2D eigenvalue weighted by atomic mass is 9.93. The van der Waals surface area contributed by atoms with Crippen molar-refractivity contribution in [2.45, 2.75) is 32.0 Å². The Bertz CT molecular complexity index is 1390. The largest absolute Gasteiger partial charge is 0.496 e. The van der Waals surface area contributed by atoms with Gasteiger partial charge >= 0.3 is 5.97 Å². The van der Waals surface area contributed by atoms with Crippen LogP contribution in [0, 0.1) is 0 Å². The molecule has 2 heterocycles. The van der Waals surface area contributed by atoms with Crippen LogP contribution in [0.4, 0.5) is 0 Å². The molecule has 0 spiro atoms. The molecule has 206 valence electrons. The van der Waals surface area contributed by atoms with E-state index in [9.17, 15) is 14.4 Å². The third-order valence-corrected chi connectivity index (χ3v) is 6.93. The predicted octanol–water partition coefficient (Wildman–Crippen LogP) is 2.47. The molecule has 1 unspecified atom stereocenters. The normalized spacial score (nSPS) is 16.3. The predicted molar refractivity (Wildman–Crippen MR) is 141 cm³/mol. The summed E-state index contributed by atoms with van der Waals surface area (Å²) in [5.41, 5.74) is 0.396. The monoisotopic (exact) mass is 536 g/mol. The summed E-state index contributed by atoms with van der Waals surface area (Å²) in [5.74, 6) is 0.224. The van der Waals surface area contributed by atoms with Crippen molar-refractivity contribution in [1.29, 1.82) is 0 Å². The topological polar surface area (TPSA) is 121 Å². The Balaban J connectivity index is 1.65. The maximum atomic E-state index is 13.9. The third-order valence-electron chi connectivity index (χ3n) is 6.93. The van der Waals surface area contributed by atoms with E-state index in [2.05, 4.69) is 10.3 Å². The minimum absolute atomic E-state index is 0.0872. The fourth-order valence-electron chi connectivity index (χ4n) is 4.78. The minimum atomic E-state index is -1.28. The van der Waals surface area contributed by atoms with Gasteiger partial charge in [-0.2, -0.15) is 0 Å². The quantitative estimate of drug-likeness (QED) is 0.393. The summed E-state index contributed by atoms with van der Waals surface area (Å²) in [4.78, 5) is 45.6. The molecule has 1 N–H and O–H groups in total. The number of nitrogens with zero attached hydrogens (tertiary/aromatic N) is 3. The molecule has 39 heavy (non-hydrogen) atoms. The number of benzene rings is 2. The Morgan fingerprint density at radius 1 is 1.00 bits per heavy atom. The highest BCUT2D eigenvalue weighted by Crippen LogP contribution is 2.31. The molecule has 0 saturated heterocycles. The number of hydrogen-bond donors (Lipinski definition) is 1. The van der Waals surface area contributed by atoms with Crippen molar-refractivity contribution in [3.05, 3.63) is 71.3 Å². The van der Waals surface area contributed by atoms with E-state index in [0.717, 1.165) is 11.1 Å². The van der Waals surface area contributed by atoms with Gasteiger partial charge in [0, 0.05) is 18.7 Å². The molecule has 0 saturated carbocycles. The number of carbonyl (C=O) groups is 3. The van der Waals surface area contributed by atoms with E-state index < -0.39 is 17.4 Å². The number of imidazole rings is 1. The Labute approximate surface area is 226 Å². The lowest BCUT2D eigenvalue weighted by molar-refractivity contribution is -0.133. The van der Waals surface area contributed by atoms with Crippen molar-refractivity contribution >= 4 is 17.8 Å². The van der Waals surface area contributed by atoms with Gasteiger partial charge in [0.2, 0.25) is 5.91 Å². The molecule has 2 amide bonds. The number of rotatable bonds is 10. The zero-order valence-corrected chi connectivity index (χ0v) is 22.6. The van der Waals surface area contributed by atoms with E-state index in [-0.39, 0.29) is 36.9 Å². The average molecular weight is 537 g/mol. The molecule has 0 bridgehead atoms. The summed E-state index contributed by atoms with van der Waals surface area (Å²) in [6, 6.07) is 12.9. The van der Waals surface area contributed by atoms with Crippen LogP contribution in [0.15, 0.2) is 48.8 Å². The second-order valence-corrected chi connectivity index (χ2v) is 9.23. The number of hydrogen-bond acceptors (Lipinski definition) is 8. The lowest BCUT2D eigenvalue weighted by Crippen LogP contribution is -2.64. The number of amides is 2. The highest BCUT2D eigenvalue weighted by atomic mass is 16.5. The van der Waals surface area contributed by atoms with Gasteiger partial charge in [-0.1, -0.05) is 24.3 Å². The summed E-state index contributed by atoms with van der Waals surface area (Å²) >= 11 is 0. The molecule has 2 aromatic carbocycles. The number of nitrogens with one attached hydrogen (secondary N) is 1. The third kappa shape index (κ3) is 5.25. The van der Waals surface area contributed by atoms with Crippen LogP contribution < -0.4 is 19.5 Å². The summed E-state index contributed by atoms with van der Waals surface area (Å²) in [5, 5.41) is 2.96. The van der Waals surface area contributed by atoms with Gasteiger partial charge in [-0.25, -0.2) is 9.78 Å². The standard InChI is InChI=1S/C28H32N4O7/c1-28(27(35)29-15-19-8-6-7-9-20(19)36-2)16-31-17-30-23(26(34)39-5)24(31)25(33)32(28)13-12-18-10-11-21(37-3)22(14-18)38-4/h6-11,14,17H,12-13,15-16H2,1-5H3,(H,29,35). The van der Waals surface area contributed by atoms with Crippen LogP contribution in [0.2, 0.25) is 0 Å². The highest BCUT2D eigenvalue weighted by molar-refractivity contribution is 6.06. The van der Waals surface area contributed by atoms with Gasteiger partial charge in [0.1, 0.15) is 17.0 Å². The molecule has 4 rings (SSSR count). The molecule has 11 nitrogen and oxygen atoms in total. The molecule has 0 aliphatic carbocycles. The molecule has 1 aliphatic heterocycles. The van der Waals surface area contributed by atoms with Gasteiger partial charge in [-0.05, 0) is 37.1 Å². The van der Waals surface area contributed by atoms with Gasteiger partial charge in [0.15, 0.2) is 17.2 Å². The van der Waals surface area contributed by atoms with Crippen molar-refractivity contribution in [2.24, 2.45) is 0 Å². The maximum Gasteiger partial charge on any atom is 0.359 e. The number of esters is 1. The average Bonchev–Trinajstić information content (AvgIpc) is 3.38. The fourth-order valence-corrected chi connectivity index (χ4v) is 4.78. The van der Waals surface area contributed by atoms with Crippen molar-refractivity contribution in [2.75, 3.05) is 35.0 Å². The summed E-state index contributed by atoms with van der Waals surface area (Å²) in [6.45, 7) is 2.21. The molecule has 1 aliphatic rings. The van der Waals surface area contributed by atoms with Gasteiger partial charge in [-0.3, -0.25) is 9.59 Å². The van der Waals surface area contributed by atoms with Crippen molar-refractivity contribution in [3.8, 4) is 17.2 Å². The second kappa shape index (κ2) is 11.5. The fraction of sp³-hybridized carbons (Fsp3) is 0.357. The first-order valence-electron chi connectivity index (χ1n) is 12.3. The van der Waals surface area contributed by atoms with E-state index in [1.807, 2.05) is 36.4 Å². The number of fused-ring (bicyclic) bond motifs is 1.